The van der Waals surface area contributed by atoms with Gasteiger partial charge in [-0.2, -0.15) is 0 Å². The molecule has 1 heterocycles. The molecule has 2 atom stereocenters. The standard InChI is InChI=1S/C14H18N2O3/c1-18-9-3-8(4-10(5-9)19-2)14(17)16-13-11-6-15-7-12(11)13/h3-5,11-13,15H,6-7H2,1-2H3,(H,16,17). The quantitative estimate of drug-likeness (QED) is 0.836. The summed E-state index contributed by atoms with van der Waals surface area (Å²) in [5, 5.41) is 6.39. The van der Waals surface area contributed by atoms with Crippen molar-refractivity contribution in [3.63, 3.8) is 0 Å². The summed E-state index contributed by atoms with van der Waals surface area (Å²) in [5.41, 5.74) is 0.578. The Hall–Kier alpha value is -1.75. The molecule has 2 aliphatic rings. The first kappa shape index (κ1) is 12.3. The minimum Gasteiger partial charge on any atom is -0.497 e. The third-order valence-corrected chi connectivity index (χ3v) is 4.00. The van der Waals surface area contributed by atoms with E-state index in [4.69, 9.17) is 9.47 Å². The van der Waals surface area contributed by atoms with Gasteiger partial charge in [0, 0.05) is 30.8 Å². The fourth-order valence-corrected chi connectivity index (χ4v) is 2.81. The van der Waals surface area contributed by atoms with Gasteiger partial charge in [-0.3, -0.25) is 4.79 Å². The summed E-state index contributed by atoms with van der Waals surface area (Å²) in [5.74, 6) is 2.41. The van der Waals surface area contributed by atoms with E-state index in [2.05, 4.69) is 10.6 Å². The molecule has 2 unspecified atom stereocenters. The highest BCUT2D eigenvalue weighted by Crippen LogP contribution is 2.41. The summed E-state index contributed by atoms with van der Waals surface area (Å²) < 4.78 is 10.3. The van der Waals surface area contributed by atoms with E-state index in [0.717, 1.165) is 13.1 Å². The van der Waals surface area contributed by atoms with Gasteiger partial charge in [-0.1, -0.05) is 0 Å². The number of rotatable bonds is 4. The molecule has 1 aliphatic carbocycles. The molecule has 5 heteroatoms. The van der Waals surface area contributed by atoms with Crippen LogP contribution in [0.2, 0.25) is 0 Å². The van der Waals surface area contributed by atoms with Gasteiger partial charge in [0.1, 0.15) is 11.5 Å². The van der Waals surface area contributed by atoms with Gasteiger partial charge in [0.05, 0.1) is 14.2 Å². The molecular formula is C14H18N2O3. The smallest absolute Gasteiger partial charge is 0.251 e. The predicted molar refractivity (Wildman–Crippen MR) is 70.6 cm³/mol. The first-order valence-electron chi connectivity index (χ1n) is 6.47. The van der Waals surface area contributed by atoms with E-state index in [1.54, 1.807) is 32.4 Å². The van der Waals surface area contributed by atoms with E-state index < -0.39 is 0 Å². The molecule has 1 amide bonds. The Balaban J connectivity index is 1.72. The molecule has 19 heavy (non-hydrogen) atoms. The van der Waals surface area contributed by atoms with Crippen molar-refractivity contribution < 1.29 is 14.3 Å². The number of hydrogen-bond acceptors (Lipinski definition) is 4. The maximum Gasteiger partial charge on any atom is 0.251 e. The van der Waals surface area contributed by atoms with E-state index >= 15 is 0 Å². The van der Waals surface area contributed by atoms with Gasteiger partial charge >= 0.3 is 0 Å². The van der Waals surface area contributed by atoms with E-state index in [9.17, 15) is 4.79 Å². The molecule has 0 spiro atoms. The maximum absolute atomic E-state index is 12.2. The summed E-state index contributed by atoms with van der Waals surface area (Å²) in [6, 6.07) is 5.54. The zero-order chi connectivity index (χ0) is 13.4. The van der Waals surface area contributed by atoms with Crippen LogP contribution in [0, 0.1) is 11.8 Å². The van der Waals surface area contributed by atoms with Crippen LogP contribution in [0.3, 0.4) is 0 Å². The van der Waals surface area contributed by atoms with Crippen LogP contribution in [0.4, 0.5) is 0 Å². The minimum absolute atomic E-state index is 0.0587. The third kappa shape index (κ3) is 2.26. The SMILES string of the molecule is COc1cc(OC)cc(C(=O)NC2C3CNCC32)c1. The average molecular weight is 262 g/mol. The van der Waals surface area contributed by atoms with Crippen molar-refractivity contribution in [2.24, 2.45) is 11.8 Å². The average Bonchev–Trinajstić information content (AvgIpc) is 2.89. The van der Waals surface area contributed by atoms with Crippen molar-refractivity contribution in [1.82, 2.24) is 10.6 Å². The highest BCUT2D eigenvalue weighted by molar-refractivity contribution is 5.95. The summed E-state index contributed by atoms with van der Waals surface area (Å²) >= 11 is 0. The Morgan fingerprint density at radius 1 is 1.16 bits per heavy atom. The van der Waals surface area contributed by atoms with Crippen LogP contribution < -0.4 is 20.1 Å². The molecule has 1 aromatic carbocycles. The molecule has 3 rings (SSSR count). The normalized spacial score (nSPS) is 27.6. The Labute approximate surface area is 112 Å². The van der Waals surface area contributed by atoms with Crippen molar-refractivity contribution in [2.75, 3.05) is 27.3 Å². The molecule has 1 saturated carbocycles. The lowest BCUT2D eigenvalue weighted by Crippen LogP contribution is -2.32. The first-order chi connectivity index (χ1) is 9.22. The molecule has 102 valence electrons. The van der Waals surface area contributed by atoms with E-state index in [1.807, 2.05) is 0 Å². The summed E-state index contributed by atoms with van der Waals surface area (Å²) in [6.07, 6.45) is 0. The van der Waals surface area contributed by atoms with Crippen LogP contribution in [-0.4, -0.2) is 39.3 Å². The van der Waals surface area contributed by atoms with Gasteiger partial charge in [-0.25, -0.2) is 0 Å². The maximum atomic E-state index is 12.2. The molecule has 1 aliphatic heterocycles. The monoisotopic (exact) mass is 262 g/mol. The molecule has 0 aromatic heterocycles. The van der Waals surface area contributed by atoms with Crippen molar-refractivity contribution >= 4 is 5.91 Å². The lowest BCUT2D eigenvalue weighted by atomic mass is 10.2. The van der Waals surface area contributed by atoms with Gasteiger partial charge in [0.25, 0.3) is 5.91 Å². The minimum atomic E-state index is -0.0587. The Morgan fingerprint density at radius 2 is 1.74 bits per heavy atom. The lowest BCUT2D eigenvalue weighted by molar-refractivity contribution is 0.0946. The number of piperidine rings is 1. The zero-order valence-corrected chi connectivity index (χ0v) is 11.1. The fourth-order valence-electron chi connectivity index (χ4n) is 2.81. The second-order valence-corrected chi connectivity index (χ2v) is 5.09. The first-order valence-corrected chi connectivity index (χ1v) is 6.47. The van der Waals surface area contributed by atoms with E-state index in [-0.39, 0.29) is 5.91 Å². The van der Waals surface area contributed by atoms with Crippen LogP contribution in [-0.2, 0) is 0 Å². The van der Waals surface area contributed by atoms with E-state index in [0.29, 0.717) is 34.9 Å². The van der Waals surface area contributed by atoms with Crippen LogP contribution in [0.15, 0.2) is 18.2 Å². The topological polar surface area (TPSA) is 59.6 Å². The van der Waals surface area contributed by atoms with Crippen molar-refractivity contribution in [1.29, 1.82) is 0 Å². The van der Waals surface area contributed by atoms with Crippen LogP contribution in [0.25, 0.3) is 0 Å². The molecule has 2 N–H and O–H groups in total. The largest absolute Gasteiger partial charge is 0.497 e. The lowest BCUT2D eigenvalue weighted by Gasteiger charge is -2.10. The summed E-state index contributed by atoms with van der Waals surface area (Å²) in [6.45, 7) is 2.02. The molecule has 1 aromatic rings. The van der Waals surface area contributed by atoms with Crippen LogP contribution >= 0.6 is 0 Å². The van der Waals surface area contributed by atoms with Crippen LogP contribution in [0.5, 0.6) is 11.5 Å². The van der Waals surface area contributed by atoms with E-state index in [1.165, 1.54) is 0 Å². The molecule has 0 radical (unpaired) electrons. The van der Waals surface area contributed by atoms with Crippen molar-refractivity contribution in [3.05, 3.63) is 23.8 Å². The molecule has 0 bridgehead atoms. The molecule has 5 nitrogen and oxygen atoms in total. The zero-order valence-electron chi connectivity index (χ0n) is 11.1. The number of nitrogens with one attached hydrogen (secondary N) is 2. The summed E-state index contributed by atoms with van der Waals surface area (Å²) in [7, 11) is 3.15. The van der Waals surface area contributed by atoms with Gasteiger partial charge in [-0.15, -0.1) is 0 Å². The van der Waals surface area contributed by atoms with Crippen molar-refractivity contribution in [2.45, 2.75) is 6.04 Å². The van der Waals surface area contributed by atoms with Crippen LogP contribution in [0.1, 0.15) is 10.4 Å². The number of benzene rings is 1. The van der Waals surface area contributed by atoms with Crippen molar-refractivity contribution in [3.8, 4) is 11.5 Å². The highest BCUT2D eigenvalue weighted by atomic mass is 16.5. The Kier molecular flexibility index (Phi) is 3.06. The second kappa shape index (κ2) is 4.74. The number of amides is 1. The number of methoxy groups -OCH3 is 2. The Morgan fingerprint density at radius 3 is 2.26 bits per heavy atom. The number of carbonyl (C=O) groups is 1. The van der Waals surface area contributed by atoms with Gasteiger partial charge < -0.3 is 20.1 Å². The van der Waals surface area contributed by atoms with Gasteiger partial charge in [0.2, 0.25) is 0 Å². The number of ether oxygens (including phenoxy) is 2. The molecule has 2 fully saturated rings. The fraction of sp³-hybridized carbons (Fsp3) is 0.500. The number of fused-ring (bicyclic) bond motifs is 1. The number of carbonyl (C=O) groups excluding carboxylic acids is 1. The summed E-state index contributed by atoms with van der Waals surface area (Å²) in [4.78, 5) is 12.2. The molecule has 1 saturated heterocycles. The number of hydrogen-bond donors (Lipinski definition) is 2. The van der Waals surface area contributed by atoms with Gasteiger partial charge in [-0.05, 0) is 24.0 Å². The Bertz CT molecular complexity index is 471. The second-order valence-electron chi connectivity index (χ2n) is 5.09. The predicted octanol–water partition coefficient (Wildman–Crippen LogP) is 0.651. The third-order valence-electron chi connectivity index (χ3n) is 4.00. The molecular weight excluding hydrogens is 244 g/mol. The van der Waals surface area contributed by atoms with Gasteiger partial charge in [0.15, 0.2) is 0 Å². The highest BCUT2D eigenvalue weighted by Gasteiger charge is 2.53.